The number of anilines is 2. The number of aryl methyl sites for hydroxylation is 1. The van der Waals surface area contributed by atoms with Crippen LogP contribution in [0.3, 0.4) is 0 Å². The Hall–Kier alpha value is -3.49. The SMILES string of the molecule is CC(C)Nc1ccc2nnc(-c3cc(-c4cnn(C)c4)cnc3N)n2n1. The van der Waals surface area contributed by atoms with Crippen LogP contribution in [0.5, 0.6) is 0 Å². The molecule has 0 radical (unpaired) electrons. The highest BCUT2D eigenvalue weighted by atomic mass is 15.4. The molecule has 0 atom stereocenters. The van der Waals surface area contributed by atoms with Gasteiger partial charge in [0, 0.05) is 36.6 Å². The summed E-state index contributed by atoms with van der Waals surface area (Å²) in [4.78, 5) is 4.31. The summed E-state index contributed by atoms with van der Waals surface area (Å²) in [5.41, 5.74) is 9.28. The molecule has 26 heavy (non-hydrogen) atoms. The molecule has 4 rings (SSSR count). The summed E-state index contributed by atoms with van der Waals surface area (Å²) in [6.45, 7) is 4.11. The van der Waals surface area contributed by atoms with E-state index in [0.29, 0.717) is 22.9 Å². The predicted molar refractivity (Wildman–Crippen MR) is 99.4 cm³/mol. The van der Waals surface area contributed by atoms with Gasteiger partial charge in [-0.15, -0.1) is 15.3 Å². The summed E-state index contributed by atoms with van der Waals surface area (Å²) in [5, 5.41) is 20.5. The quantitative estimate of drug-likeness (QED) is 0.579. The standard InChI is InChI=1S/C17H19N9/c1-10(2)21-14-4-5-15-22-23-17(26(15)24-14)13-6-11(7-19-16(13)18)12-8-20-25(3)9-12/h4-10H,1-3H3,(H2,18,19)(H,21,24). The van der Waals surface area contributed by atoms with Crippen LogP contribution in [0.25, 0.3) is 28.2 Å². The Kier molecular flexibility index (Phi) is 3.76. The third-order valence-electron chi connectivity index (χ3n) is 3.90. The van der Waals surface area contributed by atoms with Crippen molar-refractivity contribution in [3.8, 4) is 22.5 Å². The van der Waals surface area contributed by atoms with E-state index >= 15 is 0 Å². The number of fused-ring (bicyclic) bond motifs is 1. The first kappa shape index (κ1) is 16.0. The van der Waals surface area contributed by atoms with Gasteiger partial charge in [0.25, 0.3) is 0 Å². The van der Waals surface area contributed by atoms with E-state index in [1.54, 1.807) is 21.6 Å². The molecule has 0 aliphatic heterocycles. The minimum Gasteiger partial charge on any atom is -0.383 e. The lowest BCUT2D eigenvalue weighted by Gasteiger charge is -2.09. The zero-order valence-electron chi connectivity index (χ0n) is 14.7. The van der Waals surface area contributed by atoms with Gasteiger partial charge in [-0.05, 0) is 32.0 Å². The van der Waals surface area contributed by atoms with E-state index in [0.717, 1.165) is 16.9 Å². The van der Waals surface area contributed by atoms with Gasteiger partial charge in [-0.2, -0.15) is 9.61 Å². The van der Waals surface area contributed by atoms with Crippen molar-refractivity contribution in [1.82, 2.24) is 34.6 Å². The number of aromatic nitrogens is 7. The van der Waals surface area contributed by atoms with Gasteiger partial charge in [0.2, 0.25) is 0 Å². The molecule has 0 bridgehead atoms. The number of rotatable bonds is 4. The van der Waals surface area contributed by atoms with Crippen molar-refractivity contribution in [3.63, 3.8) is 0 Å². The molecule has 0 saturated carbocycles. The molecule has 4 aromatic heterocycles. The Labute approximate surface area is 149 Å². The molecule has 9 heteroatoms. The second kappa shape index (κ2) is 6.10. The first-order valence-electron chi connectivity index (χ1n) is 8.25. The minimum absolute atomic E-state index is 0.264. The first-order valence-corrected chi connectivity index (χ1v) is 8.25. The highest BCUT2D eigenvalue weighted by molar-refractivity contribution is 5.76. The lowest BCUT2D eigenvalue weighted by atomic mass is 10.1. The summed E-state index contributed by atoms with van der Waals surface area (Å²) in [6.07, 6.45) is 5.42. The maximum Gasteiger partial charge on any atom is 0.189 e. The summed E-state index contributed by atoms with van der Waals surface area (Å²) in [5.74, 6) is 1.66. The van der Waals surface area contributed by atoms with Crippen LogP contribution in [0, 0.1) is 0 Å². The minimum atomic E-state index is 0.264. The average molecular weight is 349 g/mol. The molecule has 132 valence electrons. The lowest BCUT2D eigenvalue weighted by molar-refractivity contribution is 0.768. The van der Waals surface area contributed by atoms with E-state index in [4.69, 9.17) is 5.73 Å². The third kappa shape index (κ3) is 2.83. The fourth-order valence-electron chi connectivity index (χ4n) is 2.71. The van der Waals surface area contributed by atoms with Crippen molar-refractivity contribution < 1.29 is 0 Å². The Bertz CT molecular complexity index is 1080. The van der Waals surface area contributed by atoms with E-state index < -0.39 is 0 Å². The molecule has 0 saturated heterocycles. The van der Waals surface area contributed by atoms with Crippen LogP contribution in [0.15, 0.2) is 36.8 Å². The van der Waals surface area contributed by atoms with Crippen molar-refractivity contribution in [3.05, 3.63) is 36.8 Å². The monoisotopic (exact) mass is 349 g/mol. The normalized spacial score (nSPS) is 11.4. The van der Waals surface area contributed by atoms with Crippen LogP contribution in [0.2, 0.25) is 0 Å². The van der Waals surface area contributed by atoms with E-state index in [-0.39, 0.29) is 6.04 Å². The Morgan fingerprint density at radius 1 is 1.12 bits per heavy atom. The van der Waals surface area contributed by atoms with Gasteiger partial charge in [0.05, 0.1) is 11.8 Å². The molecule has 0 spiro atoms. The molecular weight excluding hydrogens is 330 g/mol. The van der Waals surface area contributed by atoms with Crippen LogP contribution in [0.4, 0.5) is 11.6 Å². The fourth-order valence-corrected chi connectivity index (χ4v) is 2.71. The van der Waals surface area contributed by atoms with E-state index in [2.05, 4.69) is 44.5 Å². The van der Waals surface area contributed by atoms with Crippen molar-refractivity contribution in [2.45, 2.75) is 19.9 Å². The smallest absolute Gasteiger partial charge is 0.189 e. The topological polar surface area (TPSA) is 112 Å². The van der Waals surface area contributed by atoms with Gasteiger partial charge < -0.3 is 11.1 Å². The molecule has 0 aromatic carbocycles. The highest BCUT2D eigenvalue weighted by Crippen LogP contribution is 2.28. The summed E-state index contributed by atoms with van der Waals surface area (Å²) >= 11 is 0. The molecule has 4 aromatic rings. The van der Waals surface area contributed by atoms with Gasteiger partial charge >= 0.3 is 0 Å². The molecule has 0 aliphatic carbocycles. The number of nitrogens with zero attached hydrogens (tertiary/aromatic N) is 7. The first-order chi connectivity index (χ1) is 12.5. The van der Waals surface area contributed by atoms with Gasteiger partial charge in [-0.25, -0.2) is 4.98 Å². The highest BCUT2D eigenvalue weighted by Gasteiger charge is 2.15. The predicted octanol–water partition coefficient (Wildman–Crippen LogP) is 1.99. The molecule has 0 fully saturated rings. The number of hydrogen-bond acceptors (Lipinski definition) is 7. The second-order valence-corrected chi connectivity index (χ2v) is 6.37. The number of nitrogen functional groups attached to an aromatic ring is 1. The summed E-state index contributed by atoms with van der Waals surface area (Å²) in [7, 11) is 1.87. The Balaban J connectivity index is 1.84. The van der Waals surface area contributed by atoms with Gasteiger partial charge in [0.15, 0.2) is 11.5 Å². The molecule has 0 aliphatic rings. The van der Waals surface area contributed by atoms with E-state index in [1.165, 1.54) is 0 Å². The van der Waals surface area contributed by atoms with Gasteiger partial charge in [-0.3, -0.25) is 4.68 Å². The molecular formula is C17H19N9. The molecule has 3 N–H and O–H groups in total. The number of pyridine rings is 1. The molecule has 4 heterocycles. The molecule has 9 nitrogen and oxygen atoms in total. The summed E-state index contributed by atoms with van der Waals surface area (Å²) in [6, 6.07) is 5.94. The second-order valence-electron chi connectivity index (χ2n) is 6.37. The van der Waals surface area contributed by atoms with E-state index in [1.807, 2.05) is 31.4 Å². The van der Waals surface area contributed by atoms with Crippen molar-refractivity contribution in [2.24, 2.45) is 7.05 Å². The fraction of sp³-hybridized carbons (Fsp3) is 0.235. The van der Waals surface area contributed by atoms with Crippen molar-refractivity contribution in [2.75, 3.05) is 11.1 Å². The van der Waals surface area contributed by atoms with Gasteiger partial charge in [-0.1, -0.05) is 0 Å². The number of hydrogen-bond donors (Lipinski definition) is 2. The maximum absolute atomic E-state index is 6.12. The zero-order chi connectivity index (χ0) is 18.3. The lowest BCUT2D eigenvalue weighted by Crippen LogP contribution is -2.12. The van der Waals surface area contributed by atoms with Crippen molar-refractivity contribution in [1.29, 1.82) is 0 Å². The molecule has 0 amide bonds. The third-order valence-corrected chi connectivity index (χ3v) is 3.90. The zero-order valence-corrected chi connectivity index (χ0v) is 14.7. The number of nitrogens with two attached hydrogens (primary N) is 1. The van der Waals surface area contributed by atoms with Crippen LogP contribution < -0.4 is 11.1 Å². The van der Waals surface area contributed by atoms with E-state index in [9.17, 15) is 0 Å². The summed E-state index contributed by atoms with van der Waals surface area (Å²) < 4.78 is 3.41. The largest absolute Gasteiger partial charge is 0.383 e. The van der Waals surface area contributed by atoms with Crippen molar-refractivity contribution >= 4 is 17.3 Å². The Morgan fingerprint density at radius 2 is 1.96 bits per heavy atom. The van der Waals surface area contributed by atoms with Gasteiger partial charge in [0.1, 0.15) is 11.6 Å². The number of nitrogens with one attached hydrogen (secondary N) is 1. The maximum atomic E-state index is 6.12. The van der Waals surface area contributed by atoms with Crippen LogP contribution >= 0.6 is 0 Å². The Morgan fingerprint density at radius 3 is 2.69 bits per heavy atom. The van der Waals surface area contributed by atoms with Crippen LogP contribution in [0.1, 0.15) is 13.8 Å². The molecule has 0 unspecified atom stereocenters. The van der Waals surface area contributed by atoms with Crippen LogP contribution in [-0.4, -0.2) is 40.6 Å². The average Bonchev–Trinajstić information content (AvgIpc) is 3.21. The van der Waals surface area contributed by atoms with Crippen LogP contribution in [-0.2, 0) is 7.05 Å².